The van der Waals surface area contributed by atoms with E-state index in [0.717, 1.165) is 5.56 Å². The highest BCUT2D eigenvalue weighted by molar-refractivity contribution is 6.34. The molecule has 0 radical (unpaired) electrons. The Morgan fingerprint density at radius 3 is 2.40 bits per heavy atom. The number of carbonyl (C=O) groups is 2. The minimum absolute atomic E-state index is 0.00321. The molecule has 0 aliphatic heterocycles. The van der Waals surface area contributed by atoms with E-state index in [1.807, 2.05) is 33.8 Å². The average Bonchev–Trinajstić information content (AvgIpc) is 2.67. The molecule has 2 rings (SSSR count). The molecule has 0 aromatic heterocycles. The number of nitrogens with one attached hydrogen (secondary N) is 2. The number of anilines is 1. The number of carbonyl (C=O) groups excluding carboxylic acids is 2. The Balaban J connectivity index is 2.12. The van der Waals surface area contributed by atoms with Crippen molar-refractivity contribution in [3.8, 4) is 11.5 Å². The van der Waals surface area contributed by atoms with Crippen LogP contribution in [-0.2, 0) is 4.79 Å². The third kappa shape index (κ3) is 6.81. The predicted octanol–water partition coefficient (Wildman–Crippen LogP) is 4.93. The van der Waals surface area contributed by atoms with Crippen molar-refractivity contribution >= 4 is 35.2 Å². The quantitative estimate of drug-likeness (QED) is 0.582. The summed E-state index contributed by atoms with van der Waals surface area (Å²) in [4.78, 5) is 24.5. The van der Waals surface area contributed by atoms with Crippen molar-refractivity contribution in [2.75, 3.05) is 12.4 Å². The number of benzene rings is 2. The van der Waals surface area contributed by atoms with Gasteiger partial charge in [0.2, 0.25) is 5.91 Å². The summed E-state index contributed by atoms with van der Waals surface area (Å²) in [5.74, 6) is 0.610. The highest BCUT2D eigenvalue weighted by Crippen LogP contribution is 2.29. The molecule has 0 saturated carbocycles. The first-order valence-corrected chi connectivity index (χ1v) is 10.0. The summed E-state index contributed by atoms with van der Waals surface area (Å²) >= 11 is 6.17. The van der Waals surface area contributed by atoms with Gasteiger partial charge in [0.15, 0.2) is 11.5 Å². The Bertz CT molecular complexity index is 939. The third-order valence-electron chi connectivity index (χ3n) is 3.88. The fourth-order valence-electron chi connectivity index (χ4n) is 2.59. The first-order valence-electron chi connectivity index (χ1n) is 9.63. The minimum atomic E-state index is -0.375. The summed E-state index contributed by atoms with van der Waals surface area (Å²) < 4.78 is 11.0. The van der Waals surface area contributed by atoms with Crippen LogP contribution in [0.1, 0.15) is 43.6 Å². The topological polar surface area (TPSA) is 76.7 Å². The Morgan fingerprint density at radius 2 is 1.77 bits per heavy atom. The fourth-order valence-corrected chi connectivity index (χ4v) is 2.76. The number of methoxy groups -OCH3 is 1. The molecule has 0 heterocycles. The van der Waals surface area contributed by atoms with E-state index >= 15 is 0 Å². The van der Waals surface area contributed by atoms with Crippen LogP contribution in [0.2, 0.25) is 5.02 Å². The van der Waals surface area contributed by atoms with Crippen molar-refractivity contribution in [1.82, 2.24) is 5.32 Å². The van der Waals surface area contributed by atoms with E-state index < -0.39 is 0 Å². The zero-order chi connectivity index (χ0) is 22.3. The van der Waals surface area contributed by atoms with Crippen LogP contribution in [0.25, 0.3) is 6.08 Å². The first-order chi connectivity index (χ1) is 14.2. The van der Waals surface area contributed by atoms with Gasteiger partial charge in [-0.15, -0.1) is 0 Å². The SMILES string of the molecule is COc1cc(/C=C/C(=O)Nc2cc(C(=O)NC(C)C)ccc2Cl)ccc1OC(C)C. The van der Waals surface area contributed by atoms with Crippen LogP contribution in [0, 0.1) is 0 Å². The van der Waals surface area contributed by atoms with Crippen LogP contribution in [0.4, 0.5) is 5.69 Å². The van der Waals surface area contributed by atoms with Gasteiger partial charge in [-0.2, -0.15) is 0 Å². The van der Waals surface area contributed by atoms with Crippen molar-refractivity contribution in [2.24, 2.45) is 0 Å². The molecule has 0 fully saturated rings. The highest BCUT2D eigenvalue weighted by atomic mass is 35.5. The maximum absolute atomic E-state index is 12.4. The Labute approximate surface area is 182 Å². The second-order valence-corrected chi connectivity index (χ2v) is 7.63. The molecule has 6 nitrogen and oxygen atoms in total. The molecule has 30 heavy (non-hydrogen) atoms. The Morgan fingerprint density at radius 1 is 1.03 bits per heavy atom. The summed E-state index contributed by atoms with van der Waals surface area (Å²) in [5.41, 5.74) is 1.55. The van der Waals surface area contributed by atoms with E-state index in [4.69, 9.17) is 21.1 Å². The second-order valence-electron chi connectivity index (χ2n) is 7.22. The lowest BCUT2D eigenvalue weighted by molar-refractivity contribution is -0.111. The summed E-state index contributed by atoms with van der Waals surface area (Å²) in [5, 5.41) is 5.85. The van der Waals surface area contributed by atoms with Gasteiger partial charge in [0, 0.05) is 17.7 Å². The van der Waals surface area contributed by atoms with Gasteiger partial charge in [0.1, 0.15) is 0 Å². The highest BCUT2D eigenvalue weighted by Gasteiger charge is 2.11. The Hall–Kier alpha value is -2.99. The molecule has 0 saturated heterocycles. The van der Waals surface area contributed by atoms with E-state index in [9.17, 15) is 9.59 Å². The molecule has 0 atom stereocenters. The molecular formula is C23H27ClN2O4. The molecule has 0 unspecified atom stereocenters. The zero-order valence-electron chi connectivity index (χ0n) is 17.8. The van der Waals surface area contributed by atoms with Crippen LogP contribution < -0.4 is 20.1 Å². The van der Waals surface area contributed by atoms with Gasteiger partial charge >= 0.3 is 0 Å². The zero-order valence-corrected chi connectivity index (χ0v) is 18.5. The molecular weight excluding hydrogens is 404 g/mol. The summed E-state index contributed by atoms with van der Waals surface area (Å²) in [6.07, 6.45) is 3.06. The molecule has 0 spiro atoms. The maximum Gasteiger partial charge on any atom is 0.251 e. The molecule has 2 aromatic carbocycles. The lowest BCUT2D eigenvalue weighted by Crippen LogP contribution is -2.30. The lowest BCUT2D eigenvalue weighted by atomic mass is 10.1. The van der Waals surface area contributed by atoms with Crippen molar-refractivity contribution < 1.29 is 19.1 Å². The smallest absolute Gasteiger partial charge is 0.251 e. The standard InChI is InChI=1S/C23H27ClN2O4/c1-14(2)25-23(28)17-8-9-18(24)19(13-17)26-22(27)11-7-16-6-10-20(30-15(3)4)21(12-16)29-5/h6-15H,1-5H3,(H,25,28)(H,26,27)/b11-7+. The van der Waals surface area contributed by atoms with Crippen molar-refractivity contribution in [2.45, 2.75) is 39.8 Å². The molecule has 2 aromatic rings. The number of hydrogen-bond acceptors (Lipinski definition) is 4. The van der Waals surface area contributed by atoms with Crippen LogP contribution in [0.5, 0.6) is 11.5 Å². The maximum atomic E-state index is 12.4. The normalized spacial score (nSPS) is 11.1. The average molecular weight is 431 g/mol. The molecule has 0 aliphatic rings. The number of amides is 2. The van der Waals surface area contributed by atoms with Gasteiger partial charge in [-0.25, -0.2) is 0 Å². The van der Waals surface area contributed by atoms with Gasteiger partial charge in [0.25, 0.3) is 5.91 Å². The van der Waals surface area contributed by atoms with Gasteiger partial charge < -0.3 is 20.1 Å². The van der Waals surface area contributed by atoms with Crippen LogP contribution in [-0.4, -0.2) is 31.1 Å². The van der Waals surface area contributed by atoms with E-state index in [2.05, 4.69) is 10.6 Å². The molecule has 7 heteroatoms. The number of halogens is 1. The summed E-state index contributed by atoms with van der Waals surface area (Å²) in [7, 11) is 1.56. The lowest BCUT2D eigenvalue weighted by Gasteiger charge is -2.13. The van der Waals surface area contributed by atoms with Crippen molar-refractivity contribution in [3.05, 3.63) is 58.6 Å². The third-order valence-corrected chi connectivity index (χ3v) is 4.21. The predicted molar refractivity (Wildman–Crippen MR) is 120 cm³/mol. The van der Waals surface area contributed by atoms with Crippen LogP contribution in [0.15, 0.2) is 42.5 Å². The van der Waals surface area contributed by atoms with Crippen molar-refractivity contribution in [1.29, 1.82) is 0 Å². The molecule has 160 valence electrons. The van der Waals surface area contributed by atoms with Gasteiger partial charge in [-0.05, 0) is 69.7 Å². The van der Waals surface area contributed by atoms with E-state index in [1.165, 1.54) is 6.08 Å². The monoisotopic (exact) mass is 430 g/mol. The Kier molecular flexibility index (Phi) is 8.30. The van der Waals surface area contributed by atoms with Crippen LogP contribution >= 0.6 is 11.6 Å². The molecule has 0 bridgehead atoms. The minimum Gasteiger partial charge on any atom is -0.493 e. The summed E-state index contributed by atoms with van der Waals surface area (Å²) in [6.45, 7) is 7.62. The second kappa shape index (κ2) is 10.7. The number of hydrogen-bond donors (Lipinski definition) is 2. The summed E-state index contributed by atoms with van der Waals surface area (Å²) in [6, 6.07) is 10.1. The number of ether oxygens (including phenoxy) is 2. The first kappa shape index (κ1) is 23.3. The fraction of sp³-hybridized carbons (Fsp3) is 0.304. The molecule has 2 N–H and O–H groups in total. The largest absolute Gasteiger partial charge is 0.493 e. The molecule has 2 amide bonds. The van der Waals surface area contributed by atoms with Crippen molar-refractivity contribution in [3.63, 3.8) is 0 Å². The van der Waals surface area contributed by atoms with E-state index in [1.54, 1.807) is 43.5 Å². The molecule has 0 aliphatic carbocycles. The van der Waals surface area contributed by atoms with Gasteiger partial charge in [-0.1, -0.05) is 17.7 Å². The van der Waals surface area contributed by atoms with Gasteiger partial charge in [0.05, 0.1) is 23.9 Å². The number of rotatable bonds is 8. The van der Waals surface area contributed by atoms with Crippen LogP contribution in [0.3, 0.4) is 0 Å². The van der Waals surface area contributed by atoms with Gasteiger partial charge in [-0.3, -0.25) is 9.59 Å². The van der Waals surface area contributed by atoms with E-state index in [-0.39, 0.29) is 24.0 Å². The van der Waals surface area contributed by atoms with E-state index in [0.29, 0.717) is 27.8 Å².